The number of hydrogen-bond acceptors (Lipinski definition) is 1. The largest absolute Gasteiger partial charge is 2.00 e. The van der Waals surface area contributed by atoms with Crippen LogP contribution in [0.1, 0.15) is 2.85 Å². The second kappa shape index (κ2) is 474. The van der Waals surface area contributed by atoms with E-state index in [9.17, 15) is 0 Å². The van der Waals surface area contributed by atoms with Gasteiger partial charge in [-0.1, -0.05) is 0 Å². The van der Waals surface area contributed by atoms with Crippen molar-refractivity contribution < 1.29 is 19.9 Å². The van der Waals surface area contributed by atoms with Crippen LogP contribution >= 0.6 is 0 Å². The molecule has 0 atom stereocenters. The Kier molecular flexibility index (Phi) is 3600. The van der Waals surface area contributed by atoms with Crippen molar-refractivity contribution in [1.82, 2.24) is 0 Å². The van der Waals surface area contributed by atoms with Gasteiger partial charge in [-0.3, -0.25) is 0 Å². The molecule has 0 aromatic carbocycles. The smallest absolute Gasteiger partial charge is 1.00 e. The van der Waals surface area contributed by atoms with Crippen molar-refractivity contribution in [2.24, 2.45) is 0 Å². The van der Waals surface area contributed by atoms with E-state index >= 15 is 0 Å². The standard InChI is InChI=1S/CHN.Be.Cu.2H/c1-2;;;;/h1H;;;;/q;+2;;2*-1. The zero-order valence-electron chi connectivity index (χ0n) is 4.03. The molecule has 4 heavy (non-hydrogen) atoms. The average Bonchev–Trinajstić information content (AvgIpc) is 1.00. The van der Waals surface area contributed by atoms with Gasteiger partial charge in [-0.25, -0.2) is 5.26 Å². The topological polar surface area (TPSA) is 23.8 Å². The Labute approximate surface area is 42.7 Å². The van der Waals surface area contributed by atoms with Crippen molar-refractivity contribution in [2.45, 2.75) is 0 Å². The van der Waals surface area contributed by atoms with Gasteiger partial charge in [0.2, 0.25) is 0 Å². The minimum Gasteiger partial charge on any atom is -1.00 e. The molecule has 25 valence electrons. The Bertz CT molecular complexity index is 18.3. The van der Waals surface area contributed by atoms with Gasteiger partial charge in [0.1, 0.15) is 0 Å². The van der Waals surface area contributed by atoms with Crippen molar-refractivity contribution in [3.05, 3.63) is 0 Å². The molecule has 1 radical (unpaired) electrons. The van der Waals surface area contributed by atoms with E-state index in [1.54, 1.807) is 0 Å². The van der Waals surface area contributed by atoms with Crippen LogP contribution < -0.4 is 0 Å². The summed E-state index contributed by atoms with van der Waals surface area (Å²) in [4.78, 5) is 0. The molecule has 0 saturated carbocycles. The van der Waals surface area contributed by atoms with E-state index in [0.717, 1.165) is 0 Å². The van der Waals surface area contributed by atoms with E-state index in [1.807, 2.05) is 0 Å². The van der Waals surface area contributed by atoms with Gasteiger partial charge in [-0.2, -0.15) is 0 Å². The molecule has 0 rings (SSSR count). The van der Waals surface area contributed by atoms with Crippen LogP contribution in [-0.2, 0) is 17.1 Å². The molecule has 0 amide bonds. The summed E-state index contributed by atoms with van der Waals surface area (Å²) in [5.41, 5.74) is 0. The fraction of sp³-hybridized carbons (Fsp3) is 0. The SMILES string of the molecule is C#N.[Be+2].[Cu].[H-].[H-]. The minimum absolute atomic E-state index is 0. The molecule has 0 aliphatic carbocycles. The van der Waals surface area contributed by atoms with Crippen molar-refractivity contribution in [2.75, 3.05) is 0 Å². The van der Waals surface area contributed by atoms with Gasteiger partial charge >= 0.3 is 10.1 Å². The molecule has 1 nitrogen and oxygen atoms in total. The van der Waals surface area contributed by atoms with Crippen molar-refractivity contribution >= 4 is 10.1 Å². The first-order valence-corrected chi connectivity index (χ1v) is 0.258. The summed E-state index contributed by atoms with van der Waals surface area (Å²) in [6.45, 7) is 3.50. The fourth-order valence-electron chi connectivity index (χ4n) is 0. The van der Waals surface area contributed by atoms with Crippen LogP contribution in [0, 0.1) is 11.8 Å². The summed E-state index contributed by atoms with van der Waals surface area (Å²) in [6.07, 6.45) is 0. The van der Waals surface area contributed by atoms with E-state index in [1.165, 1.54) is 0 Å². The molecule has 0 aromatic rings. The average molecular weight is 102 g/mol. The van der Waals surface area contributed by atoms with Gasteiger partial charge in [0.25, 0.3) is 0 Å². The maximum atomic E-state index is 6.50. The third-order valence-corrected chi connectivity index (χ3v) is 0. The molecular formula is CH3BeCuN. The second-order valence-corrected chi connectivity index (χ2v) is 0. The van der Waals surface area contributed by atoms with E-state index in [0.29, 0.717) is 0 Å². The Morgan fingerprint density at radius 2 is 1.50 bits per heavy atom. The van der Waals surface area contributed by atoms with E-state index in [-0.39, 0.29) is 30.0 Å². The molecule has 0 aromatic heterocycles. The van der Waals surface area contributed by atoms with Crippen molar-refractivity contribution in [3.8, 4) is 6.57 Å². The molecule has 0 heterocycles. The normalized spacial score (nSPS) is 0.500. The van der Waals surface area contributed by atoms with Crippen LogP contribution in [0.25, 0.3) is 0 Å². The summed E-state index contributed by atoms with van der Waals surface area (Å²) in [5.74, 6) is 0. The third-order valence-electron chi connectivity index (χ3n) is 0. The molecule has 0 aliphatic heterocycles. The molecule has 0 aliphatic rings. The molecule has 0 spiro atoms. The first kappa shape index (κ1) is 30.4. The van der Waals surface area contributed by atoms with Gasteiger partial charge in [-0.05, 0) is 0 Å². The van der Waals surface area contributed by atoms with Gasteiger partial charge in [-0.15, -0.1) is 0 Å². The second-order valence-electron chi connectivity index (χ2n) is 0. The minimum atomic E-state index is 0. The summed E-state index contributed by atoms with van der Waals surface area (Å²) >= 11 is 0. The molecule has 0 saturated heterocycles. The summed E-state index contributed by atoms with van der Waals surface area (Å²) in [5, 5.41) is 6.50. The maximum Gasteiger partial charge on any atom is 2.00 e. The number of nitrogens with zero attached hydrogens (tertiary/aromatic N) is 1. The van der Waals surface area contributed by atoms with Crippen molar-refractivity contribution in [3.63, 3.8) is 0 Å². The Morgan fingerprint density at radius 1 is 1.50 bits per heavy atom. The quantitative estimate of drug-likeness (QED) is 0.394. The molecule has 0 fully saturated rings. The number of hydrogen-bond donors (Lipinski definition) is 0. The van der Waals surface area contributed by atoms with Crippen LogP contribution in [0.4, 0.5) is 0 Å². The van der Waals surface area contributed by atoms with Crippen LogP contribution in [0.2, 0.25) is 0 Å². The monoisotopic (exact) mass is 101 g/mol. The maximum absolute atomic E-state index is 6.50. The fourth-order valence-corrected chi connectivity index (χ4v) is 0. The summed E-state index contributed by atoms with van der Waals surface area (Å²) < 4.78 is 0. The first-order valence-electron chi connectivity index (χ1n) is 0.258. The van der Waals surface area contributed by atoms with E-state index < -0.39 is 0 Å². The van der Waals surface area contributed by atoms with Crippen LogP contribution in [0.3, 0.4) is 0 Å². The predicted octanol–water partition coefficient (Wildman–Crippen LogP) is -0.0185. The van der Waals surface area contributed by atoms with E-state index in [4.69, 9.17) is 5.26 Å². The van der Waals surface area contributed by atoms with Gasteiger partial charge in [0.15, 0.2) is 0 Å². The zero-order valence-corrected chi connectivity index (χ0v) is 2.97. The van der Waals surface area contributed by atoms with Gasteiger partial charge in [0, 0.05) is 23.6 Å². The van der Waals surface area contributed by atoms with Gasteiger partial charge < -0.3 is 2.85 Å². The Morgan fingerprint density at radius 3 is 1.50 bits per heavy atom. The van der Waals surface area contributed by atoms with Gasteiger partial charge in [0.05, 0.1) is 0 Å². The van der Waals surface area contributed by atoms with Crippen LogP contribution in [0.15, 0.2) is 0 Å². The molecule has 0 unspecified atom stereocenters. The van der Waals surface area contributed by atoms with E-state index in [2.05, 4.69) is 6.57 Å². The Balaban J connectivity index is -0.000000000833. The first-order chi connectivity index (χ1) is 1.00. The zero-order chi connectivity index (χ0) is 2.00. The van der Waals surface area contributed by atoms with Crippen LogP contribution in [-0.4, -0.2) is 10.1 Å². The summed E-state index contributed by atoms with van der Waals surface area (Å²) in [7, 11) is 0. The number of nitriles is 1. The molecular weight excluding hydrogens is 98.6 g/mol. The van der Waals surface area contributed by atoms with Crippen LogP contribution in [0.5, 0.6) is 0 Å². The Hall–Kier alpha value is 0.178. The molecule has 3 heteroatoms. The molecule has 0 N–H and O–H groups in total. The summed E-state index contributed by atoms with van der Waals surface area (Å²) in [6, 6.07) is 0. The third kappa shape index (κ3) is 95.1. The number of rotatable bonds is 0. The molecule has 0 bridgehead atoms. The van der Waals surface area contributed by atoms with Crippen molar-refractivity contribution in [1.29, 1.82) is 5.26 Å². The predicted molar refractivity (Wildman–Crippen MR) is 14.6 cm³/mol.